The van der Waals surface area contributed by atoms with Crippen molar-refractivity contribution >= 4 is 17.5 Å². The number of methoxy groups -OCH3 is 2. The number of amides is 1. The number of carbonyl (C=O) groups is 1. The van der Waals surface area contributed by atoms with Crippen LogP contribution in [0, 0.1) is 0 Å². The minimum absolute atomic E-state index is 0.0489. The quantitative estimate of drug-likeness (QED) is 0.849. The molecule has 1 aromatic carbocycles. The Morgan fingerprint density at radius 1 is 1.26 bits per heavy atom. The molecule has 1 aliphatic rings. The fraction of sp³-hybridized carbons (Fsp3) is 0.353. The lowest BCUT2D eigenvalue weighted by Crippen LogP contribution is -2.30. The molecule has 1 aromatic heterocycles. The number of benzene rings is 1. The molecular weight excluding hydrogens is 318 g/mol. The highest BCUT2D eigenvalue weighted by Crippen LogP contribution is 2.39. The van der Waals surface area contributed by atoms with Gasteiger partial charge >= 0.3 is 0 Å². The molecule has 0 saturated carbocycles. The summed E-state index contributed by atoms with van der Waals surface area (Å²) in [7, 11) is 3.23. The second-order valence-electron chi connectivity index (χ2n) is 5.37. The Kier molecular flexibility index (Phi) is 4.48. The molecule has 0 spiro atoms. The van der Waals surface area contributed by atoms with E-state index >= 15 is 0 Å². The molecule has 0 aliphatic carbocycles. The topological polar surface area (TPSA) is 51.9 Å². The second kappa shape index (κ2) is 6.54. The molecule has 0 N–H and O–H groups in total. The van der Waals surface area contributed by atoms with Crippen molar-refractivity contribution in [3.63, 3.8) is 0 Å². The van der Waals surface area contributed by atoms with Gasteiger partial charge in [-0.1, -0.05) is 0 Å². The normalized spacial score (nSPS) is 17.3. The average Bonchev–Trinajstić information content (AvgIpc) is 3.22. The van der Waals surface area contributed by atoms with Crippen LogP contribution >= 0.6 is 11.6 Å². The molecule has 0 radical (unpaired) electrons. The Morgan fingerprint density at radius 2 is 2.09 bits per heavy atom. The molecule has 1 unspecified atom stereocenters. The predicted molar refractivity (Wildman–Crippen MR) is 86.3 cm³/mol. The van der Waals surface area contributed by atoms with Crippen LogP contribution in [0.5, 0.6) is 11.5 Å². The number of nitrogens with zero attached hydrogens (tertiary/aromatic N) is 1. The summed E-state index contributed by atoms with van der Waals surface area (Å²) in [5.41, 5.74) is 0.969. The number of ether oxygens (including phenoxy) is 2. The number of carbonyl (C=O) groups excluding carboxylic acids is 1. The largest absolute Gasteiger partial charge is 0.497 e. The molecule has 2 heterocycles. The molecule has 6 heteroatoms. The summed E-state index contributed by atoms with van der Waals surface area (Å²) in [6.07, 6.45) is 1.81. The molecular formula is C17H18ClNO4. The highest BCUT2D eigenvalue weighted by molar-refractivity contribution is 6.29. The van der Waals surface area contributed by atoms with Gasteiger partial charge in [0, 0.05) is 18.2 Å². The lowest BCUT2D eigenvalue weighted by atomic mass is 10.0. The van der Waals surface area contributed by atoms with Gasteiger partial charge in [-0.3, -0.25) is 4.79 Å². The fourth-order valence-electron chi connectivity index (χ4n) is 3.00. The van der Waals surface area contributed by atoms with Crippen molar-refractivity contribution in [1.29, 1.82) is 0 Å². The Hall–Kier alpha value is -2.14. The van der Waals surface area contributed by atoms with Gasteiger partial charge in [-0.2, -0.15) is 0 Å². The van der Waals surface area contributed by atoms with Crippen molar-refractivity contribution in [3.8, 4) is 11.5 Å². The number of likely N-dealkylation sites (tertiary alicyclic amines) is 1. The van der Waals surface area contributed by atoms with E-state index in [1.807, 2.05) is 18.2 Å². The van der Waals surface area contributed by atoms with Crippen LogP contribution in [0.2, 0.25) is 5.22 Å². The lowest BCUT2D eigenvalue weighted by molar-refractivity contribution is 0.0702. The zero-order valence-electron chi connectivity index (χ0n) is 13.0. The zero-order chi connectivity index (χ0) is 16.4. The number of hydrogen-bond acceptors (Lipinski definition) is 4. The molecule has 23 heavy (non-hydrogen) atoms. The highest BCUT2D eigenvalue weighted by atomic mass is 35.5. The molecule has 122 valence electrons. The first-order chi connectivity index (χ1) is 11.1. The van der Waals surface area contributed by atoms with Crippen LogP contribution in [-0.2, 0) is 0 Å². The summed E-state index contributed by atoms with van der Waals surface area (Å²) >= 11 is 5.77. The van der Waals surface area contributed by atoms with Gasteiger partial charge in [-0.05, 0) is 48.7 Å². The third-order valence-corrected chi connectivity index (χ3v) is 4.30. The first kappa shape index (κ1) is 15.7. The summed E-state index contributed by atoms with van der Waals surface area (Å²) in [5, 5.41) is 0.214. The zero-order valence-corrected chi connectivity index (χ0v) is 13.8. The SMILES string of the molecule is COc1ccc(C2CCCN2C(=O)c2ccc(Cl)o2)c(OC)c1. The van der Waals surface area contributed by atoms with E-state index in [0.717, 1.165) is 24.2 Å². The van der Waals surface area contributed by atoms with Crippen molar-refractivity contribution in [2.75, 3.05) is 20.8 Å². The Bertz CT molecular complexity index is 712. The smallest absolute Gasteiger partial charge is 0.290 e. The number of rotatable bonds is 4. The van der Waals surface area contributed by atoms with Crippen molar-refractivity contribution in [2.24, 2.45) is 0 Å². The fourth-order valence-corrected chi connectivity index (χ4v) is 3.14. The first-order valence-electron chi connectivity index (χ1n) is 7.42. The summed E-state index contributed by atoms with van der Waals surface area (Å²) in [6, 6.07) is 8.79. The van der Waals surface area contributed by atoms with E-state index in [1.54, 1.807) is 31.3 Å². The molecule has 1 amide bonds. The third-order valence-electron chi connectivity index (χ3n) is 4.10. The summed E-state index contributed by atoms with van der Waals surface area (Å²) < 4.78 is 16.0. The van der Waals surface area contributed by atoms with Gasteiger partial charge in [-0.15, -0.1) is 0 Å². The Labute approximate surface area is 139 Å². The van der Waals surface area contributed by atoms with Crippen LogP contribution in [-0.4, -0.2) is 31.6 Å². The van der Waals surface area contributed by atoms with Gasteiger partial charge in [0.05, 0.1) is 20.3 Å². The van der Waals surface area contributed by atoms with Crippen LogP contribution < -0.4 is 9.47 Å². The molecule has 1 atom stereocenters. The van der Waals surface area contributed by atoms with Crippen LogP contribution in [0.25, 0.3) is 0 Å². The molecule has 5 nitrogen and oxygen atoms in total. The van der Waals surface area contributed by atoms with Crippen molar-refractivity contribution in [3.05, 3.63) is 46.9 Å². The minimum Gasteiger partial charge on any atom is -0.497 e. The monoisotopic (exact) mass is 335 g/mol. The van der Waals surface area contributed by atoms with Crippen molar-refractivity contribution in [2.45, 2.75) is 18.9 Å². The molecule has 1 saturated heterocycles. The molecule has 1 fully saturated rings. The maximum Gasteiger partial charge on any atom is 0.290 e. The summed E-state index contributed by atoms with van der Waals surface area (Å²) in [6.45, 7) is 0.678. The van der Waals surface area contributed by atoms with E-state index in [1.165, 1.54) is 0 Å². The van der Waals surface area contributed by atoms with E-state index in [-0.39, 0.29) is 22.9 Å². The Balaban J connectivity index is 1.91. The van der Waals surface area contributed by atoms with Gasteiger partial charge in [0.25, 0.3) is 5.91 Å². The molecule has 1 aliphatic heterocycles. The summed E-state index contributed by atoms with van der Waals surface area (Å²) in [5.74, 6) is 1.54. The van der Waals surface area contributed by atoms with E-state index in [9.17, 15) is 4.79 Å². The minimum atomic E-state index is -0.155. The standard InChI is InChI=1S/C17H18ClNO4/c1-21-11-5-6-12(15(10-11)22-2)13-4-3-9-19(13)17(20)14-7-8-16(18)23-14/h5-8,10,13H,3-4,9H2,1-2H3. The third kappa shape index (κ3) is 3.01. The van der Waals surface area contributed by atoms with Crippen LogP contribution in [0.4, 0.5) is 0 Å². The van der Waals surface area contributed by atoms with Gasteiger partial charge < -0.3 is 18.8 Å². The maximum absolute atomic E-state index is 12.7. The van der Waals surface area contributed by atoms with Crippen LogP contribution in [0.15, 0.2) is 34.7 Å². The Morgan fingerprint density at radius 3 is 2.74 bits per heavy atom. The number of halogens is 1. The lowest BCUT2D eigenvalue weighted by Gasteiger charge is -2.25. The van der Waals surface area contributed by atoms with E-state index in [4.69, 9.17) is 25.5 Å². The molecule has 3 rings (SSSR count). The predicted octanol–water partition coefficient (Wildman–Crippen LogP) is 3.93. The average molecular weight is 336 g/mol. The van der Waals surface area contributed by atoms with E-state index in [0.29, 0.717) is 12.3 Å². The molecule has 0 bridgehead atoms. The highest BCUT2D eigenvalue weighted by Gasteiger charge is 2.33. The number of furan rings is 1. The maximum atomic E-state index is 12.7. The summed E-state index contributed by atoms with van der Waals surface area (Å²) in [4.78, 5) is 14.5. The van der Waals surface area contributed by atoms with Crippen LogP contribution in [0.3, 0.4) is 0 Å². The van der Waals surface area contributed by atoms with Crippen LogP contribution in [0.1, 0.15) is 35.0 Å². The van der Waals surface area contributed by atoms with Gasteiger partial charge in [-0.25, -0.2) is 0 Å². The van der Waals surface area contributed by atoms with Gasteiger partial charge in [0.2, 0.25) is 0 Å². The van der Waals surface area contributed by atoms with Crippen molar-refractivity contribution in [1.82, 2.24) is 4.90 Å². The van der Waals surface area contributed by atoms with Crippen molar-refractivity contribution < 1.29 is 18.7 Å². The number of hydrogen-bond donors (Lipinski definition) is 0. The van der Waals surface area contributed by atoms with E-state index in [2.05, 4.69) is 0 Å². The first-order valence-corrected chi connectivity index (χ1v) is 7.80. The van der Waals surface area contributed by atoms with E-state index < -0.39 is 0 Å². The van der Waals surface area contributed by atoms with Gasteiger partial charge in [0.1, 0.15) is 11.5 Å². The second-order valence-corrected chi connectivity index (χ2v) is 5.74. The molecule has 2 aromatic rings. The van der Waals surface area contributed by atoms with Gasteiger partial charge in [0.15, 0.2) is 11.0 Å².